The van der Waals surface area contributed by atoms with Crippen LogP contribution in [0.25, 0.3) is 10.2 Å². The molecule has 2 aromatic rings. The Kier molecular flexibility index (Phi) is 4.51. The number of carbonyl (C=O) groups excluding carboxylic acids is 1. The Bertz CT molecular complexity index is 689. The number of hydrogen-bond donors (Lipinski definition) is 3. The van der Waals surface area contributed by atoms with Crippen LogP contribution in [0.3, 0.4) is 0 Å². The number of carbonyl (C=O) groups is 1. The van der Waals surface area contributed by atoms with Gasteiger partial charge in [-0.3, -0.25) is 9.59 Å². The zero-order valence-electron chi connectivity index (χ0n) is 11.6. The quantitative estimate of drug-likeness (QED) is 0.763. The molecule has 2 rings (SSSR count). The highest BCUT2D eigenvalue weighted by molar-refractivity contribution is 7.20. The lowest BCUT2D eigenvalue weighted by molar-refractivity contribution is 0.0958. The molecule has 0 spiro atoms. The molecule has 0 saturated heterocycles. The van der Waals surface area contributed by atoms with Crippen LogP contribution in [0.4, 0.5) is 0 Å². The summed E-state index contributed by atoms with van der Waals surface area (Å²) >= 11 is 1.25. The van der Waals surface area contributed by atoms with Crippen LogP contribution >= 0.6 is 11.3 Å². The summed E-state index contributed by atoms with van der Waals surface area (Å²) in [5, 5.41) is 3.22. The summed E-state index contributed by atoms with van der Waals surface area (Å²) in [5.41, 5.74) is 5.87. The third-order valence-corrected chi connectivity index (χ3v) is 4.16. The van der Waals surface area contributed by atoms with Crippen LogP contribution in [0.2, 0.25) is 0 Å². The molecule has 0 aliphatic heterocycles. The van der Waals surface area contributed by atoms with Gasteiger partial charge in [0.15, 0.2) is 0 Å². The maximum absolute atomic E-state index is 12.1. The van der Waals surface area contributed by atoms with Crippen molar-refractivity contribution in [3.63, 3.8) is 0 Å². The predicted molar refractivity (Wildman–Crippen MR) is 80.4 cm³/mol. The fourth-order valence-electron chi connectivity index (χ4n) is 2.03. The highest BCUT2D eigenvalue weighted by atomic mass is 32.1. The zero-order chi connectivity index (χ0) is 14.7. The Morgan fingerprint density at radius 1 is 1.50 bits per heavy atom. The normalized spacial score (nSPS) is 10.9. The Balaban J connectivity index is 2.49. The SMILES string of the molecule is CCCc1nc2sc(C(=O)NCCN)c(C)c2c(=O)[nH]1. The molecule has 0 aliphatic carbocycles. The third-order valence-electron chi connectivity index (χ3n) is 2.97. The van der Waals surface area contributed by atoms with Crippen molar-refractivity contribution in [1.82, 2.24) is 15.3 Å². The molecule has 2 heterocycles. The van der Waals surface area contributed by atoms with Gasteiger partial charge in [0.05, 0.1) is 10.3 Å². The van der Waals surface area contributed by atoms with E-state index in [1.165, 1.54) is 11.3 Å². The Morgan fingerprint density at radius 3 is 2.90 bits per heavy atom. The molecule has 20 heavy (non-hydrogen) atoms. The molecule has 4 N–H and O–H groups in total. The maximum Gasteiger partial charge on any atom is 0.261 e. The van der Waals surface area contributed by atoms with Gasteiger partial charge in [-0.15, -0.1) is 11.3 Å². The number of fused-ring (bicyclic) bond motifs is 1. The van der Waals surface area contributed by atoms with Crippen molar-refractivity contribution in [3.8, 4) is 0 Å². The molecule has 0 radical (unpaired) electrons. The molecule has 7 heteroatoms. The van der Waals surface area contributed by atoms with Crippen LogP contribution in [0.1, 0.15) is 34.4 Å². The second kappa shape index (κ2) is 6.15. The lowest BCUT2D eigenvalue weighted by Gasteiger charge is -2.01. The van der Waals surface area contributed by atoms with E-state index in [1.54, 1.807) is 6.92 Å². The molecule has 0 aromatic carbocycles. The summed E-state index contributed by atoms with van der Waals surface area (Å²) in [6, 6.07) is 0. The molecule has 0 aliphatic rings. The fraction of sp³-hybridized carbons (Fsp3) is 0.462. The fourth-order valence-corrected chi connectivity index (χ4v) is 3.14. The monoisotopic (exact) mass is 294 g/mol. The van der Waals surface area contributed by atoms with E-state index in [4.69, 9.17) is 5.73 Å². The molecule has 108 valence electrons. The second-order valence-corrected chi connectivity index (χ2v) is 5.54. The predicted octanol–water partition coefficient (Wildman–Crippen LogP) is 0.934. The van der Waals surface area contributed by atoms with Crippen LogP contribution in [-0.4, -0.2) is 29.0 Å². The highest BCUT2D eigenvalue weighted by Gasteiger charge is 2.18. The van der Waals surface area contributed by atoms with Gasteiger partial charge < -0.3 is 16.0 Å². The standard InChI is InChI=1S/C13H18N4O2S/c1-3-4-8-16-11(18)9-7(2)10(20-13(9)17-8)12(19)15-6-5-14/h3-6,14H2,1-2H3,(H,15,19)(H,16,17,18). The first-order valence-corrected chi connectivity index (χ1v) is 7.40. The van der Waals surface area contributed by atoms with Gasteiger partial charge in [0.25, 0.3) is 11.5 Å². The highest BCUT2D eigenvalue weighted by Crippen LogP contribution is 2.26. The number of aromatic nitrogens is 2. The number of H-pyrrole nitrogens is 1. The molecule has 6 nitrogen and oxygen atoms in total. The van der Waals surface area contributed by atoms with Crippen LogP contribution < -0.4 is 16.6 Å². The molecule has 0 unspecified atom stereocenters. The topological polar surface area (TPSA) is 101 Å². The van der Waals surface area contributed by atoms with Crippen molar-refractivity contribution in [2.75, 3.05) is 13.1 Å². The molecule has 0 atom stereocenters. The Morgan fingerprint density at radius 2 is 2.25 bits per heavy atom. The van der Waals surface area contributed by atoms with Crippen LogP contribution in [0.5, 0.6) is 0 Å². The first-order chi connectivity index (χ1) is 9.58. The van der Waals surface area contributed by atoms with Gasteiger partial charge in [0.1, 0.15) is 10.7 Å². The lowest BCUT2D eigenvalue weighted by atomic mass is 10.2. The lowest BCUT2D eigenvalue weighted by Crippen LogP contribution is -2.28. The molecule has 0 bridgehead atoms. The van der Waals surface area contributed by atoms with Crippen molar-refractivity contribution in [1.29, 1.82) is 0 Å². The number of nitrogens with zero attached hydrogens (tertiary/aromatic N) is 1. The van der Waals surface area contributed by atoms with E-state index in [1.807, 2.05) is 6.92 Å². The molecule has 0 saturated carbocycles. The summed E-state index contributed by atoms with van der Waals surface area (Å²) in [6.45, 7) is 4.59. The van der Waals surface area contributed by atoms with E-state index in [0.29, 0.717) is 39.6 Å². The van der Waals surface area contributed by atoms with E-state index in [2.05, 4.69) is 15.3 Å². The first kappa shape index (κ1) is 14.7. The number of aryl methyl sites for hydroxylation is 2. The van der Waals surface area contributed by atoms with Crippen molar-refractivity contribution in [2.45, 2.75) is 26.7 Å². The first-order valence-electron chi connectivity index (χ1n) is 6.59. The van der Waals surface area contributed by atoms with Crippen LogP contribution in [0, 0.1) is 6.92 Å². The molecule has 2 aromatic heterocycles. The van der Waals surface area contributed by atoms with E-state index < -0.39 is 0 Å². The summed E-state index contributed by atoms with van der Waals surface area (Å²) in [4.78, 5) is 32.5. The molecular weight excluding hydrogens is 276 g/mol. The number of nitrogens with one attached hydrogen (secondary N) is 2. The van der Waals surface area contributed by atoms with Crippen molar-refractivity contribution in [3.05, 3.63) is 26.6 Å². The second-order valence-electron chi connectivity index (χ2n) is 4.54. The zero-order valence-corrected chi connectivity index (χ0v) is 12.4. The van der Waals surface area contributed by atoms with Gasteiger partial charge >= 0.3 is 0 Å². The smallest absolute Gasteiger partial charge is 0.261 e. The maximum atomic E-state index is 12.1. The molecule has 0 fully saturated rings. The minimum atomic E-state index is -0.201. The largest absolute Gasteiger partial charge is 0.350 e. The van der Waals surface area contributed by atoms with Gasteiger partial charge in [0, 0.05) is 19.5 Å². The van der Waals surface area contributed by atoms with Crippen LogP contribution in [-0.2, 0) is 6.42 Å². The number of rotatable bonds is 5. The number of thiophene rings is 1. The van der Waals surface area contributed by atoms with Crippen molar-refractivity contribution >= 4 is 27.5 Å². The average Bonchev–Trinajstić information content (AvgIpc) is 2.74. The van der Waals surface area contributed by atoms with E-state index >= 15 is 0 Å². The number of amides is 1. The van der Waals surface area contributed by atoms with Gasteiger partial charge in [-0.1, -0.05) is 6.92 Å². The summed E-state index contributed by atoms with van der Waals surface area (Å²) in [7, 11) is 0. The van der Waals surface area contributed by atoms with Crippen LogP contribution in [0.15, 0.2) is 4.79 Å². The third kappa shape index (κ3) is 2.73. The number of nitrogens with two attached hydrogens (primary N) is 1. The minimum absolute atomic E-state index is 0.176. The van der Waals surface area contributed by atoms with Crippen molar-refractivity contribution < 1.29 is 4.79 Å². The van der Waals surface area contributed by atoms with E-state index in [-0.39, 0.29) is 11.5 Å². The number of hydrogen-bond acceptors (Lipinski definition) is 5. The van der Waals surface area contributed by atoms with Gasteiger partial charge in [-0.05, 0) is 18.9 Å². The summed E-state index contributed by atoms with van der Waals surface area (Å²) in [6.07, 6.45) is 1.62. The van der Waals surface area contributed by atoms with Gasteiger partial charge in [-0.2, -0.15) is 0 Å². The number of aromatic amines is 1. The Labute approximate surface area is 120 Å². The molecule has 1 amide bonds. The average molecular weight is 294 g/mol. The van der Waals surface area contributed by atoms with E-state index in [9.17, 15) is 9.59 Å². The molecular formula is C13H18N4O2S. The summed E-state index contributed by atoms with van der Waals surface area (Å²) < 4.78 is 0. The minimum Gasteiger partial charge on any atom is -0.350 e. The van der Waals surface area contributed by atoms with Gasteiger partial charge in [0.2, 0.25) is 0 Å². The van der Waals surface area contributed by atoms with Gasteiger partial charge in [-0.25, -0.2) is 4.98 Å². The Hall–Kier alpha value is -1.73. The van der Waals surface area contributed by atoms with E-state index in [0.717, 1.165) is 12.8 Å². The summed E-state index contributed by atoms with van der Waals surface area (Å²) in [5.74, 6) is 0.465. The van der Waals surface area contributed by atoms with Crippen molar-refractivity contribution in [2.24, 2.45) is 5.73 Å².